The van der Waals surface area contributed by atoms with Crippen molar-refractivity contribution in [1.29, 1.82) is 0 Å². The van der Waals surface area contributed by atoms with Gasteiger partial charge in [0, 0.05) is 18.1 Å². The molecule has 0 fully saturated rings. The maximum Gasteiger partial charge on any atom is 0.416 e. The van der Waals surface area contributed by atoms with Gasteiger partial charge in [-0.25, -0.2) is 4.68 Å². The number of amides is 1. The summed E-state index contributed by atoms with van der Waals surface area (Å²) in [7, 11) is 0. The van der Waals surface area contributed by atoms with Crippen molar-refractivity contribution in [3.63, 3.8) is 0 Å². The van der Waals surface area contributed by atoms with E-state index < -0.39 is 30.2 Å². The molecule has 4 rings (SSSR count). The van der Waals surface area contributed by atoms with Gasteiger partial charge in [0.1, 0.15) is 6.54 Å². The first kappa shape index (κ1) is 24.8. The Balaban J connectivity index is 1.66. The number of pyridine rings is 1. The Bertz CT molecular complexity index is 1400. The molecule has 0 bridgehead atoms. The van der Waals surface area contributed by atoms with Gasteiger partial charge < -0.3 is 9.64 Å². The molecule has 0 aliphatic heterocycles. The van der Waals surface area contributed by atoms with Crippen LogP contribution in [0, 0.1) is 6.92 Å². The summed E-state index contributed by atoms with van der Waals surface area (Å²) in [6, 6.07) is 13.5. The molecule has 0 unspecified atom stereocenters. The van der Waals surface area contributed by atoms with Crippen molar-refractivity contribution < 1.29 is 27.5 Å². The third-order valence-electron chi connectivity index (χ3n) is 5.52. The highest BCUT2D eigenvalue weighted by Gasteiger charge is 2.30. The molecule has 2 aromatic carbocycles. The van der Waals surface area contributed by atoms with Crippen LogP contribution in [0.3, 0.4) is 0 Å². The van der Waals surface area contributed by atoms with Gasteiger partial charge in [-0.1, -0.05) is 23.4 Å². The number of hydrogen-bond donors (Lipinski definition) is 0. The summed E-state index contributed by atoms with van der Waals surface area (Å²) in [6.45, 7) is 2.89. The molecule has 0 saturated carbocycles. The van der Waals surface area contributed by atoms with Crippen molar-refractivity contribution in [2.75, 3.05) is 13.2 Å². The smallest absolute Gasteiger partial charge is 0.416 e. The lowest BCUT2D eigenvalue weighted by atomic mass is 10.1. The zero-order valence-corrected chi connectivity index (χ0v) is 19.5. The summed E-state index contributed by atoms with van der Waals surface area (Å²) >= 11 is 0. The van der Waals surface area contributed by atoms with Gasteiger partial charge in [-0.15, -0.1) is 5.10 Å². The molecule has 0 saturated heterocycles. The number of esters is 1. The summed E-state index contributed by atoms with van der Waals surface area (Å²) in [5.41, 5.74) is 1.45. The van der Waals surface area contributed by atoms with E-state index in [0.29, 0.717) is 16.9 Å². The minimum Gasteiger partial charge on any atom is -0.465 e. The predicted molar refractivity (Wildman–Crippen MR) is 124 cm³/mol. The van der Waals surface area contributed by atoms with Crippen LogP contribution in [-0.4, -0.2) is 49.9 Å². The molecule has 0 radical (unpaired) electrons. The molecule has 186 valence electrons. The molecule has 0 spiro atoms. The normalized spacial score (nSPS) is 11.5. The van der Waals surface area contributed by atoms with Crippen molar-refractivity contribution >= 4 is 22.8 Å². The van der Waals surface area contributed by atoms with Gasteiger partial charge in [0.25, 0.3) is 5.91 Å². The summed E-state index contributed by atoms with van der Waals surface area (Å²) < 4.78 is 45.3. The SMILES string of the molecule is CCOC(=O)CN(Cc1ccc(C(F)(F)F)cc1)C(=O)c1nnn(-c2cccc3ncccc23)c1C. The zero-order valence-electron chi connectivity index (χ0n) is 19.5. The number of carbonyl (C=O) groups excluding carboxylic acids is 2. The Labute approximate surface area is 204 Å². The van der Waals surface area contributed by atoms with Gasteiger partial charge in [-0.3, -0.25) is 14.6 Å². The third kappa shape index (κ3) is 5.19. The number of alkyl halides is 3. The van der Waals surface area contributed by atoms with Crippen LogP contribution in [-0.2, 0) is 22.3 Å². The van der Waals surface area contributed by atoms with Crippen molar-refractivity contribution in [1.82, 2.24) is 24.9 Å². The average Bonchev–Trinajstić information content (AvgIpc) is 3.23. The van der Waals surface area contributed by atoms with Crippen LogP contribution in [0.4, 0.5) is 13.2 Å². The lowest BCUT2D eigenvalue weighted by molar-refractivity contribution is -0.144. The quantitative estimate of drug-likeness (QED) is 0.353. The first-order chi connectivity index (χ1) is 17.2. The molecule has 4 aromatic rings. The van der Waals surface area contributed by atoms with E-state index in [2.05, 4.69) is 15.3 Å². The Morgan fingerprint density at radius 3 is 2.50 bits per heavy atom. The fourth-order valence-corrected chi connectivity index (χ4v) is 3.76. The monoisotopic (exact) mass is 497 g/mol. The Morgan fingerprint density at radius 2 is 1.81 bits per heavy atom. The van der Waals surface area contributed by atoms with E-state index in [1.807, 2.05) is 24.3 Å². The molecule has 0 N–H and O–H groups in total. The minimum atomic E-state index is -4.48. The summed E-state index contributed by atoms with van der Waals surface area (Å²) in [6.07, 6.45) is -2.81. The van der Waals surface area contributed by atoms with Gasteiger partial charge >= 0.3 is 12.1 Å². The first-order valence-electron chi connectivity index (χ1n) is 11.1. The van der Waals surface area contributed by atoms with E-state index in [4.69, 9.17) is 4.74 Å². The van der Waals surface area contributed by atoms with E-state index in [9.17, 15) is 22.8 Å². The number of ether oxygens (including phenoxy) is 1. The van der Waals surface area contributed by atoms with Crippen LogP contribution >= 0.6 is 0 Å². The largest absolute Gasteiger partial charge is 0.465 e. The van der Waals surface area contributed by atoms with Gasteiger partial charge in [0.2, 0.25) is 0 Å². The molecule has 2 heterocycles. The second kappa shape index (κ2) is 10.1. The van der Waals surface area contributed by atoms with Crippen molar-refractivity contribution in [3.8, 4) is 5.69 Å². The highest BCUT2D eigenvalue weighted by atomic mass is 19.4. The minimum absolute atomic E-state index is 0.00658. The van der Waals surface area contributed by atoms with E-state index in [0.717, 1.165) is 23.0 Å². The molecule has 0 aliphatic rings. The molecular weight excluding hydrogens is 475 g/mol. The number of benzene rings is 2. The lowest BCUT2D eigenvalue weighted by Crippen LogP contribution is -2.36. The standard InChI is InChI=1S/C25H22F3N5O3/c1-3-36-22(34)15-32(14-17-9-11-18(12-10-17)25(26,27)28)24(35)23-16(2)33(31-30-23)21-8-4-7-20-19(21)6-5-13-29-20/h4-13H,3,14-15H2,1-2H3. The molecule has 8 nitrogen and oxygen atoms in total. The van der Waals surface area contributed by atoms with Gasteiger partial charge in [0.05, 0.1) is 29.1 Å². The summed E-state index contributed by atoms with van der Waals surface area (Å²) in [5.74, 6) is -1.26. The van der Waals surface area contributed by atoms with Gasteiger partial charge in [0.15, 0.2) is 5.69 Å². The number of aromatic nitrogens is 4. The third-order valence-corrected chi connectivity index (χ3v) is 5.52. The van der Waals surface area contributed by atoms with Crippen LogP contribution < -0.4 is 0 Å². The van der Waals surface area contributed by atoms with E-state index in [1.165, 1.54) is 21.7 Å². The summed E-state index contributed by atoms with van der Waals surface area (Å²) in [5, 5.41) is 9.02. The molecule has 0 atom stereocenters. The fraction of sp³-hybridized carbons (Fsp3) is 0.240. The highest BCUT2D eigenvalue weighted by molar-refractivity contribution is 5.95. The van der Waals surface area contributed by atoms with Crippen LogP contribution in [0.25, 0.3) is 16.6 Å². The average molecular weight is 497 g/mol. The van der Waals surface area contributed by atoms with Crippen LogP contribution in [0.2, 0.25) is 0 Å². The van der Waals surface area contributed by atoms with Crippen LogP contribution in [0.1, 0.15) is 34.2 Å². The van der Waals surface area contributed by atoms with Crippen LogP contribution in [0.5, 0.6) is 0 Å². The van der Waals surface area contributed by atoms with E-state index in [-0.39, 0.29) is 18.8 Å². The maximum absolute atomic E-state index is 13.5. The molecule has 2 aromatic heterocycles. The first-order valence-corrected chi connectivity index (χ1v) is 11.1. The number of hydrogen-bond acceptors (Lipinski definition) is 6. The molecule has 36 heavy (non-hydrogen) atoms. The Kier molecular flexibility index (Phi) is 7.00. The summed E-state index contributed by atoms with van der Waals surface area (Å²) in [4.78, 5) is 31.2. The van der Waals surface area contributed by atoms with E-state index >= 15 is 0 Å². The maximum atomic E-state index is 13.5. The number of rotatable bonds is 7. The molecule has 11 heteroatoms. The Hall–Kier alpha value is -4.28. The van der Waals surface area contributed by atoms with Crippen molar-refractivity contribution in [2.45, 2.75) is 26.6 Å². The Morgan fingerprint density at radius 1 is 1.06 bits per heavy atom. The van der Waals surface area contributed by atoms with E-state index in [1.54, 1.807) is 26.1 Å². The van der Waals surface area contributed by atoms with Crippen molar-refractivity contribution in [3.05, 3.63) is 83.3 Å². The second-order valence-corrected chi connectivity index (χ2v) is 7.94. The zero-order chi connectivity index (χ0) is 25.9. The number of fused-ring (bicyclic) bond motifs is 1. The predicted octanol–water partition coefficient (Wildman–Crippen LogP) is 4.35. The lowest BCUT2D eigenvalue weighted by Gasteiger charge is -2.21. The van der Waals surface area contributed by atoms with Gasteiger partial charge in [-0.05, 0) is 55.8 Å². The number of carbonyl (C=O) groups is 2. The van der Waals surface area contributed by atoms with Crippen molar-refractivity contribution in [2.24, 2.45) is 0 Å². The second-order valence-electron chi connectivity index (χ2n) is 7.94. The molecular formula is C25H22F3N5O3. The molecule has 1 amide bonds. The van der Waals surface area contributed by atoms with Crippen LogP contribution in [0.15, 0.2) is 60.8 Å². The molecule has 0 aliphatic carbocycles. The highest BCUT2D eigenvalue weighted by Crippen LogP contribution is 2.29. The number of nitrogens with zero attached hydrogens (tertiary/aromatic N) is 5. The van der Waals surface area contributed by atoms with Gasteiger partial charge in [-0.2, -0.15) is 13.2 Å². The fourth-order valence-electron chi connectivity index (χ4n) is 3.76. The topological polar surface area (TPSA) is 90.2 Å². The number of halogens is 3.